The maximum atomic E-state index is 13.9. The molecular formula is C30H25ClN2O4S. The van der Waals surface area contributed by atoms with E-state index in [0.29, 0.717) is 38.0 Å². The van der Waals surface area contributed by atoms with E-state index in [-0.39, 0.29) is 12.2 Å². The summed E-state index contributed by atoms with van der Waals surface area (Å²) in [4.78, 5) is 32.8. The Kier molecular flexibility index (Phi) is 7.58. The van der Waals surface area contributed by atoms with E-state index >= 15 is 0 Å². The zero-order valence-corrected chi connectivity index (χ0v) is 22.5. The Morgan fingerprint density at radius 1 is 1.00 bits per heavy atom. The quantitative estimate of drug-likeness (QED) is 0.307. The largest absolute Gasteiger partial charge is 0.493 e. The molecule has 0 spiro atoms. The van der Waals surface area contributed by atoms with Gasteiger partial charge in [-0.2, -0.15) is 0 Å². The second-order valence-corrected chi connectivity index (χ2v) is 9.90. The number of benzene rings is 3. The van der Waals surface area contributed by atoms with E-state index in [9.17, 15) is 9.59 Å². The van der Waals surface area contributed by atoms with Crippen LogP contribution in [0.4, 0.5) is 0 Å². The summed E-state index contributed by atoms with van der Waals surface area (Å²) in [6.07, 6.45) is 1.81. The molecule has 0 saturated heterocycles. The van der Waals surface area contributed by atoms with Gasteiger partial charge in [0.1, 0.15) is 5.75 Å². The number of nitrogens with zero attached hydrogens (tertiary/aromatic N) is 2. The summed E-state index contributed by atoms with van der Waals surface area (Å²) in [6.45, 7) is 4.37. The molecule has 0 aliphatic carbocycles. The van der Waals surface area contributed by atoms with Gasteiger partial charge in [0.15, 0.2) is 4.80 Å². The average molecular weight is 545 g/mol. The molecule has 6 nitrogen and oxygen atoms in total. The topological polar surface area (TPSA) is 69.9 Å². The molecule has 8 heteroatoms. The average Bonchev–Trinajstić information content (AvgIpc) is 3.24. The Morgan fingerprint density at radius 3 is 2.42 bits per heavy atom. The standard InChI is InChI=1S/C30H25ClN2O4S/c1-3-36-23-13-9-8-12-21(23)18-24-28(34)33-27(20-14-16-22(31)17-15-20)25(29(35)37-4-2)26(32-30(33)38-24)19-10-6-5-7-11-19/h5-18,27H,3-4H2,1-2H3/b24-18-/t27-/m0/s1. The van der Waals surface area contributed by atoms with Crippen LogP contribution in [-0.4, -0.2) is 23.8 Å². The summed E-state index contributed by atoms with van der Waals surface area (Å²) in [5, 5.41) is 0.554. The summed E-state index contributed by atoms with van der Waals surface area (Å²) in [7, 11) is 0. The van der Waals surface area contributed by atoms with Crippen LogP contribution < -0.4 is 19.6 Å². The SMILES string of the molecule is CCOC(=O)C1=C(c2ccccc2)N=c2s/c(=C\c3ccccc3OCC)c(=O)n2[C@H]1c1ccc(Cl)cc1. The molecule has 4 aromatic rings. The number of thiazole rings is 1. The molecule has 5 rings (SSSR count). The third-order valence-corrected chi connectivity index (χ3v) is 7.30. The summed E-state index contributed by atoms with van der Waals surface area (Å²) < 4.78 is 13.3. The van der Waals surface area contributed by atoms with Crippen molar-refractivity contribution in [1.29, 1.82) is 0 Å². The van der Waals surface area contributed by atoms with E-state index in [4.69, 9.17) is 26.1 Å². The van der Waals surface area contributed by atoms with Gasteiger partial charge in [0, 0.05) is 16.1 Å². The summed E-state index contributed by atoms with van der Waals surface area (Å²) in [5.41, 5.74) is 2.79. The molecule has 38 heavy (non-hydrogen) atoms. The van der Waals surface area contributed by atoms with Gasteiger partial charge in [-0.3, -0.25) is 9.36 Å². The second-order valence-electron chi connectivity index (χ2n) is 8.45. The number of aromatic nitrogens is 1. The first kappa shape index (κ1) is 25.7. The van der Waals surface area contributed by atoms with Crippen molar-refractivity contribution in [1.82, 2.24) is 4.57 Å². The number of carbonyl (C=O) groups is 1. The van der Waals surface area contributed by atoms with E-state index in [2.05, 4.69) is 0 Å². The molecule has 1 aliphatic rings. The van der Waals surface area contributed by atoms with Crippen LogP contribution in [0.5, 0.6) is 5.75 Å². The van der Waals surface area contributed by atoms with Gasteiger partial charge in [-0.05, 0) is 43.7 Å². The molecule has 3 aromatic carbocycles. The van der Waals surface area contributed by atoms with Crippen LogP contribution in [0.15, 0.2) is 94.2 Å². The summed E-state index contributed by atoms with van der Waals surface area (Å²) in [6, 6.07) is 23.4. The summed E-state index contributed by atoms with van der Waals surface area (Å²) >= 11 is 7.46. The van der Waals surface area contributed by atoms with E-state index in [1.165, 1.54) is 11.3 Å². The van der Waals surface area contributed by atoms with E-state index in [1.807, 2.05) is 79.7 Å². The predicted octanol–water partition coefficient (Wildman–Crippen LogP) is 4.99. The van der Waals surface area contributed by atoms with Gasteiger partial charge in [0.25, 0.3) is 5.56 Å². The zero-order chi connectivity index (χ0) is 26.6. The zero-order valence-electron chi connectivity index (χ0n) is 20.9. The van der Waals surface area contributed by atoms with Crippen molar-refractivity contribution >= 4 is 40.7 Å². The van der Waals surface area contributed by atoms with Crippen molar-refractivity contribution < 1.29 is 14.3 Å². The number of fused-ring (bicyclic) bond motifs is 1. The number of esters is 1. The van der Waals surface area contributed by atoms with Crippen LogP contribution in [0, 0.1) is 0 Å². The first-order chi connectivity index (χ1) is 18.5. The van der Waals surface area contributed by atoms with Crippen molar-refractivity contribution in [2.45, 2.75) is 19.9 Å². The Morgan fingerprint density at radius 2 is 1.71 bits per heavy atom. The molecule has 192 valence electrons. The molecule has 0 radical (unpaired) electrons. The van der Waals surface area contributed by atoms with Gasteiger partial charge in [0.05, 0.1) is 35.1 Å². The van der Waals surface area contributed by atoms with Crippen LogP contribution in [-0.2, 0) is 9.53 Å². The number of halogens is 1. The van der Waals surface area contributed by atoms with Crippen molar-refractivity contribution in [2.75, 3.05) is 13.2 Å². The smallest absolute Gasteiger partial charge is 0.338 e. The second kappa shape index (κ2) is 11.2. The lowest BCUT2D eigenvalue weighted by Crippen LogP contribution is -2.40. The first-order valence-electron chi connectivity index (χ1n) is 12.3. The lowest BCUT2D eigenvalue weighted by Gasteiger charge is -2.25. The molecule has 0 bridgehead atoms. The fraction of sp³-hybridized carbons (Fsp3) is 0.167. The highest BCUT2D eigenvalue weighted by Gasteiger charge is 2.35. The van der Waals surface area contributed by atoms with Crippen LogP contribution in [0.2, 0.25) is 5.02 Å². The Labute approximate surface area is 228 Å². The first-order valence-corrected chi connectivity index (χ1v) is 13.5. The highest BCUT2D eigenvalue weighted by atomic mass is 35.5. The van der Waals surface area contributed by atoms with Gasteiger partial charge in [-0.1, -0.05) is 83.6 Å². The molecule has 0 amide bonds. The third kappa shape index (κ3) is 4.95. The normalized spacial score (nSPS) is 15.1. The van der Waals surface area contributed by atoms with Crippen molar-refractivity contribution in [3.05, 3.63) is 126 Å². The van der Waals surface area contributed by atoms with Crippen molar-refractivity contribution in [2.24, 2.45) is 4.99 Å². The number of para-hydroxylation sites is 1. The van der Waals surface area contributed by atoms with Gasteiger partial charge in [-0.15, -0.1) is 0 Å². The Bertz CT molecular complexity index is 1690. The van der Waals surface area contributed by atoms with Crippen LogP contribution in [0.1, 0.15) is 36.6 Å². The minimum absolute atomic E-state index is 0.191. The minimum Gasteiger partial charge on any atom is -0.493 e. The van der Waals surface area contributed by atoms with Crippen LogP contribution in [0.25, 0.3) is 11.8 Å². The van der Waals surface area contributed by atoms with E-state index < -0.39 is 12.0 Å². The fourth-order valence-electron chi connectivity index (χ4n) is 4.43. The number of ether oxygens (including phenoxy) is 2. The van der Waals surface area contributed by atoms with Crippen molar-refractivity contribution in [3.63, 3.8) is 0 Å². The molecular weight excluding hydrogens is 520 g/mol. The Balaban J connectivity index is 1.82. The minimum atomic E-state index is -0.748. The Hall–Kier alpha value is -3.94. The third-order valence-electron chi connectivity index (χ3n) is 6.06. The molecule has 1 aromatic heterocycles. The van der Waals surface area contributed by atoms with E-state index in [1.54, 1.807) is 23.6 Å². The maximum absolute atomic E-state index is 13.9. The van der Waals surface area contributed by atoms with Crippen LogP contribution in [0.3, 0.4) is 0 Å². The lowest BCUT2D eigenvalue weighted by atomic mass is 9.93. The van der Waals surface area contributed by atoms with Crippen LogP contribution >= 0.6 is 22.9 Å². The molecule has 1 atom stereocenters. The number of hydrogen-bond donors (Lipinski definition) is 0. The number of rotatable bonds is 7. The molecule has 0 N–H and O–H groups in total. The highest BCUT2D eigenvalue weighted by molar-refractivity contribution is 7.07. The highest BCUT2D eigenvalue weighted by Crippen LogP contribution is 2.35. The molecule has 0 fully saturated rings. The summed E-state index contributed by atoms with van der Waals surface area (Å²) in [5.74, 6) is 0.165. The van der Waals surface area contributed by atoms with Gasteiger partial charge in [0.2, 0.25) is 0 Å². The predicted molar refractivity (Wildman–Crippen MR) is 150 cm³/mol. The molecule has 0 saturated carbocycles. The number of carbonyl (C=O) groups excluding carboxylic acids is 1. The van der Waals surface area contributed by atoms with Gasteiger partial charge in [-0.25, -0.2) is 9.79 Å². The number of hydrogen-bond acceptors (Lipinski definition) is 6. The molecule has 1 aliphatic heterocycles. The lowest BCUT2D eigenvalue weighted by molar-refractivity contribution is -0.138. The van der Waals surface area contributed by atoms with E-state index in [0.717, 1.165) is 16.7 Å². The van der Waals surface area contributed by atoms with Gasteiger partial charge >= 0.3 is 5.97 Å². The monoisotopic (exact) mass is 544 g/mol. The molecule has 0 unspecified atom stereocenters. The fourth-order valence-corrected chi connectivity index (χ4v) is 5.55. The maximum Gasteiger partial charge on any atom is 0.338 e. The molecule has 2 heterocycles. The van der Waals surface area contributed by atoms with Gasteiger partial charge < -0.3 is 9.47 Å². The van der Waals surface area contributed by atoms with Crippen molar-refractivity contribution in [3.8, 4) is 5.75 Å².